The highest BCUT2D eigenvalue weighted by Gasteiger charge is 2.32. The third-order valence-electron chi connectivity index (χ3n) is 4.54. The molecule has 4 aromatic rings. The lowest BCUT2D eigenvalue weighted by atomic mass is 10.1. The minimum atomic E-state index is -4.37. The first kappa shape index (κ1) is 18.0. The van der Waals surface area contributed by atoms with E-state index in [1.807, 2.05) is 24.4 Å². The van der Waals surface area contributed by atoms with Gasteiger partial charge in [0.2, 0.25) is 0 Å². The highest BCUT2D eigenvalue weighted by molar-refractivity contribution is 5.79. The number of benzene rings is 1. The van der Waals surface area contributed by atoms with E-state index in [0.717, 1.165) is 28.2 Å². The lowest BCUT2D eigenvalue weighted by molar-refractivity contribution is -0.138. The second kappa shape index (κ2) is 7.34. The number of hydrogen-bond acceptors (Lipinski definition) is 3. The Labute approximate surface area is 159 Å². The smallest absolute Gasteiger partial charge is 0.366 e. The predicted octanol–water partition coefficient (Wildman–Crippen LogP) is 5.18. The summed E-state index contributed by atoms with van der Waals surface area (Å²) in [5, 5.41) is 4.03. The molecule has 28 heavy (non-hydrogen) atoms. The van der Waals surface area contributed by atoms with Gasteiger partial charge in [0.25, 0.3) is 0 Å². The van der Waals surface area contributed by atoms with Gasteiger partial charge >= 0.3 is 6.18 Å². The van der Waals surface area contributed by atoms with Crippen molar-refractivity contribution in [1.82, 2.24) is 15.0 Å². The van der Waals surface area contributed by atoms with Crippen molar-refractivity contribution in [3.8, 4) is 0 Å². The van der Waals surface area contributed by atoms with Gasteiger partial charge in [-0.05, 0) is 41.0 Å². The van der Waals surface area contributed by atoms with Gasteiger partial charge in [0.15, 0.2) is 0 Å². The summed E-state index contributed by atoms with van der Waals surface area (Å²) in [6, 6.07) is 13.1. The monoisotopic (exact) mass is 382 g/mol. The van der Waals surface area contributed by atoms with E-state index in [9.17, 15) is 13.2 Å². The van der Waals surface area contributed by atoms with Crippen LogP contribution in [-0.4, -0.2) is 15.0 Å². The van der Waals surface area contributed by atoms with Crippen LogP contribution in [0.25, 0.3) is 11.0 Å². The maximum absolute atomic E-state index is 13.1. The number of aromatic amines is 1. The third-order valence-corrected chi connectivity index (χ3v) is 4.54. The number of pyridine rings is 2. The number of rotatable bonds is 5. The molecule has 2 N–H and O–H groups in total. The number of fused-ring (bicyclic) bond motifs is 1. The number of anilines is 1. The molecular formula is C21H17F3N4. The minimum absolute atomic E-state index is 0.0517. The van der Waals surface area contributed by atoms with Crippen LogP contribution >= 0.6 is 0 Å². The van der Waals surface area contributed by atoms with E-state index in [1.54, 1.807) is 24.5 Å². The molecule has 0 saturated heterocycles. The number of halogens is 3. The van der Waals surface area contributed by atoms with E-state index in [2.05, 4.69) is 20.3 Å². The maximum atomic E-state index is 13.1. The zero-order valence-corrected chi connectivity index (χ0v) is 14.8. The molecule has 7 heteroatoms. The predicted molar refractivity (Wildman–Crippen MR) is 102 cm³/mol. The molecule has 0 amide bonds. The fraction of sp³-hybridized carbons (Fsp3) is 0.143. The minimum Gasteiger partial charge on any atom is -0.366 e. The van der Waals surface area contributed by atoms with Crippen molar-refractivity contribution in [2.75, 3.05) is 5.32 Å². The van der Waals surface area contributed by atoms with Gasteiger partial charge in [-0.3, -0.25) is 0 Å². The Hall–Kier alpha value is -3.35. The second-order valence-electron chi connectivity index (χ2n) is 6.45. The lowest BCUT2D eigenvalue weighted by Crippen LogP contribution is -2.12. The van der Waals surface area contributed by atoms with Crippen molar-refractivity contribution in [3.05, 3.63) is 89.4 Å². The average Bonchev–Trinajstić information content (AvgIpc) is 3.10. The zero-order chi connectivity index (χ0) is 19.6. The molecule has 3 aromatic heterocycles. The summed E-state index contributed by atoms with van der Waals surface area (Å²) in [7, 11) is 0. The van der Waals surface area contributed by atoms with E-state index in [1.165, 1.54) is 12.1 Å². The van der Waals surface area contributed by atoms with Gasteiger partial charge in [0.1, 0.15) is 11.5 Å². The van der Waals surface area contributed by atoms with E-state index in [4.69, 9.17) is 0 Å². The highest BCUT2D eigenvalue weighted by Crippen LogP contribution is 2.32. The lowest BCUT2D eigenvalue weighted by Gasteiger charge is -2.13. The van der Waals surface area contributed by atoms with Crippen LogP contribution in [0.4, 0.5) is 19.0 Å². The van der Waals surface area contributed by atoms with Crippen molar-refractivity contribution in [2.24, 2.45) is 0 Å². The van der Waals surface area contributed by atoms with Crippen molar-refractivity contribution in [2.45, 2.75) is 19.1 Å². The molecule has 0 saturated carbocycles. The molecule has 0 atom stereocenters. The van der Waals surface area contributed by atoms with E-state index >= 15 is 0 Å². The Morgan fingerprint density at radius 3 is 2.57 bits per heavy atom. The summed E-state index contributed by atoms with van der Waals surface area (Å²) in [4.78, 5) is 11.7. The van der Waals surface area contributed by atoms with Crippen LogP contribution in [0.5, 0.6) is 0 Å². The number of aromatic nitrogens is 3. The number of hydrogen-bond donors (Lipinski definition) is 2. The molecule has 1 aromatic carbocycles. The Kier molecular flexibility index (Phi) is 4.73. The molecule has 0 aliphatic heterocycles. The van der Waals surface area contributed by atoms with Crippen molar-refractivity contribution < 1.29 is 13.2 Å². The zero-order valence-electron chi connectivity index (χ0n) is 14.8. The Balaban J connectivity index is 1.44. The molecule has 4 nitrogen and oxygen atoms in total. The van der Waals surface area contributed by atoms with Gasteiger partial charge in [-0.1, -0.05) is 24.3 Å². The molecule has 0 aliphatic carbocycles. The van der Waals surface area contributed by atoms with Gasteiger partial charge in [0, 0.05) is 36.9 Å². The molecule has 0 bridgehead atoms. The van der Waals surface area contributed by atoms with E-state index in [0.29, 0.717) is 12.2 Å². The van der Waals surface area contributed by atoms with Crippen LogP contribution in [0.2, 0.25) is 0 Å². The number of nitrogens with zero attached hydrogens (tertiary/aromatic N) is 2. The van der Waals surface area contributed by atoms with Crippen LogP contribution in [0.3, 0.4) is 0 Å². The SMILES string of the molecule is FC(F)(F)c1ccccc1CNc1ccc(Cc2c[nH]c3ncccc23)cn1. The summed E-state index contributed by atoms with van der Waals surface area (Å²) < 4.78 is 39.2. The fourth-order valence-corrected chi connectivity index (χ4v) is 3.15. The quantitative estimate of drug-likeness (QED) is 0.500. The van der Waals surface area contributed by atoms with Gasteiger partial charge in [-0.2, -0.15) is 13.2 Å². The highest BCUT2D eigenvalue weighted by atomic mass is 19.4. The Bertz CT molecular complexity index is 1080. The molecule has 0 spiro atoms. The maximum Gasteiger partial charge on any atom is 0.416 e. The van der Waals surface area contributed by atoms with Crippen LogP contribution < -0.4 is 5.32 Å². The standard InChI is InChI=1S/C21H17F3N4/c22-21(23,24)18-6-2-1-4-15(18)12-27-19-8-7-14(11-26-19)10-16-13-28-20-17(16)5-3-9-25-20/h1-9,11,13H,10,12H2,(H,25,28)(H,26,27). The first-order valence-electron chi connectivity index (χ1n) is 8.75. The summed E-state index contributed by atoms with van der Waals surface area (Å²) in [5.41, 5.74) is 2.52. The molecule has 4 rings (SSSR count). The number of alkyl halides is 3. The van der Waals surface area contributed by atoms with Crippen LogP contribution in [-0.2, 0) is 19.1 Å². The van der Waals surface area contributed by atoms with E-state index in [-0.39, 0.29) is 12.1 Å². The van der Waals surface area contributed by atoms with Crippen LogP contribution in [0, 0.1) is 0 Å². The summed E-state index contributed by atoms with van der Waals surface area (Å²) in [5.74, 6) is 0.529. The van der Waals surface area contributed by atoms with Gasteiger partial charge in [-0.25, -0.2) is 9.97 Å². The molecule has 0 radical (unpaired) electrons. The topological polar surface area (TPSA) is 53.6 Å². The summed E-state index contributed by atoms with van der Waals surface area (Å²) >= 11 is 0. The summed E-state index contributed by atoms with van der Waals surface area (Å²) in [6.07, 6.45) is 1.71. The first-order chi connectivity index (χ1) is 13.5. The van der Waals surface area contributed by atoms with Crippen molar-refractivity contribution >= 4 is 16.9 Å². The summed E-state index contributed by atoms with van der Waals surface area (Å²) in [6.45, 7) is 0.0517. The molecule has 0 unspecified atom stereocenters. The fourth-order valence-electron chi connectivity index (χ4n) is 3.15. The van der Waals surface area contributed by atoms with Gasteiger partial charge in [0.05, 0.1) is 5.56 Å². The van der Waals surface area contributed by atoms with E-state index < -0.39 is 11.7 Å². The normalized spacial score (nSPS) is 11.7. The molecule has 0 aliphatic rings. The Morgan fingerprint density at radius 1 is 0.929 bits per heavy atom. The number of H-pyrrole nitrogens is 1. The first-order valence-corrected chi connectivity index (χ1v) is 8.75. The second-order valence-corrected chi connectivity index (χ2v) is 6.45. The molecular weight excluding hydrogens is 365 g/mol. The Morgan fingerprint density at radius 2 is 1.79 bits per heavy atom. The van der Waals surface area contributed by atoms with Gasteiger partial charge in [-0.15, -0.1) is 0 Å². The third kappa shape index (κ3) is 3.83. The van der Waals surface area contributed by atoms with Gasteiger partial charge < -0.3 is 10.3 Å². The van der Waals surface area contributed by atoms with Crippen LogP contribution in [0.15, 0.2) is 67.1 Å². The molecule has 0 fully saturated rings. The molecule has 3 heterocycles. The average molecular weight is 382 g/mol. The number of nitrogens with one attached hydrogen (secondary N) is 2. The van der Waals surface area contributed by atoms with Crippen molar-refractivity contribution in [3.63, 3.8) is 0 Å². The molecule has 142 valence electrons. The van der Waals surface area contributed by atoms with Crippen LogP contribution in [0.1, 0.15) is 22.3 Å². The largest absolute Gasteiger partial charge is 0.416 e. The van der Waals surface area contributed by atoms with Crippen molar-refractivity contribution in [1.29, 1.82) is 0 Å².